The fourth-order valence-corrected chi connectivity index (χ4v) is 3.12. The number of benzene rings is 1. The Hall–Kier alpha value is -0.470. The average Bonchev–Trinajstić information content (AvgIpc) is 3.16. The van der Waals surface area contributed by atoms with Gasteiger partial charge in [0.2, 0.25) is 0 Å². The van der Waals surface area contributed by atoms with Crippen molar-refractivity contribution >= 4 is 11.8 Å². The van der Waals surface area contributed by atoms with Crippen molar-refractivity contribution in [1.29, 1.82) is 0 Å². The Labute approximate surface area is 116 Å². The zero-order valence-electron chi connectivity index (χ0n) is 11.8. The second kappa shape index (κ2) is 6.63. The maximum absolute atomic E-state index is 3.79. The van der Waals surface area contributed by atoms with Crippen LogP contribution in [0.25, 0.3) is 0 Å². The van der Waals surface area contributed by atoms with Crippen molar-refractivity contribution in [3.05, 3.63) is 35.4 Å². The Morgan fingerprint density at radius 3 is 2.50 bits per heavy atom. The smallest absolute Gasteiger partial charge is 0.0348 e. The molecule has 0 heterocycles. The third kappa shape index (κ3) is 4.03. The van der Waals surface area contributed by atoms with Gasteiger partial charge in [0.25, 0.3) is 0 Å². The fraction of sp³-hybridized carbons (Fsp3) is 0.625. The number of rotatable bonds is 7. The monoisotopic (exact) mass is 263 g/mol. The molecule has 0 aromatic heterocycles. The summed E-state index contributed by atoms with van der Waals surface area (Å²) in [5, 5.41) is 3.79. The van der Waals surface area contributed by atoms with Crippen LogP contribution in [-0.4, -0.2) is 18.6 Å². The largest absolute Gasteiger partial charge is 0.309 e. The predicted molar refractivity (Wildman–Crippen MR) is 82.2 cm³/mol. The van der Waals surface area contributed by atoms with Gasteiger partial charge < -0.3 is 5.32 Å². The molecule has 2 heteroatoms. The first-order chi connectivity index (χ1) is 8.70. The molecule has 2 unspecified atom stereocenters. The molecule has 0 saturated heterocycles. The second-order valence-corrected chi connectivity index (χ2v) is 6.61. The average molecular weight is 263 g/mol. The van der Waals surface area contributed by atoms with Gasteiger partial charge in [0.15, 0.2) is 0 Å². The summed E-state index contributed by atoms with van der Waals surface area (Å²) in [6.45, 7) is 5.63. The van der Waals surface area contributed by atoms with Crippen molar-refractivity contribution in [2.75, 3.05) is 18.6 Å². The molecule has 0 bridgehead atoms. The zero-order chi connectivity index (χ0) is 13.0. The summed E-state index contributed by atoms with van der Waals surface area (Å²) in [5.74, 6) is 2.87. The van der Waals surface area contributed by atoms with Gasteiger partial charge >= 0.3 is 0 Å². The van der Waals surface area contributed by atoms with Crippen LogP contribution in [0.3, 0.4) is 0 Å². The minimum absolute atomic E-state index is 0.579. The lowest BCUT2D eigenvalue weighted by Crippen LogP contribution is -2.28. The van der Waals surface area contributed by atoms with E-state index in [4.69, 9.17) is 0 Å². The van der Waals surface area contributed by atoms with Crippen LogP contribution in [0.5, 0.6) is 0 Å². The molecular formula is C16H25NS. The topological polar surface area (TPSA) is 12.0 Å². The molecule has 2 rings (SSSR count). The summed E-state index contributed by atoms with van der Waals surface area (Å²) in [7, 11) is 0. The van der Waals surface area contributed by atoms with E-state index < -0.39 is 0 Å². The van der Waals surface area contributed by atoms with E-state index in [2.05, 4.69) is 49.7 Å². The van der Waals surface area contributed by atoms with Crippen LogP contribution in [0.4, 0.5) is 0 Å². The number of hydrogen-bond donors (Lipinski definition) is 1. The fourth-order valence-electron chi connectivity index (χ4n) is 2.43. The third-order valence-corrected chi connectivity index (χ3v) is 4.57. The molecule has 1 aromatic carbocycles. The van der Waals surface area contributed by atoms with Crippen molar-refractivity contribution in [2.45, 2.75) is 32.7 Å². The lowest BCUT2D eigenvalue weighted by Gasteiger charge is -2.21. The molecule has 18 heavy (non-hydrogen) atoms. The van der Waals surface area contributed by atoms with Gasteiger partial charge in [-0.25, -0.2) is 0 Å². The zero-order valence-corrected chi connectivity index (χ0v) is 12.6. The Kier molecular flexibility index (Phi) is 5.13. The van der Waals surface area contributed by atoms with E-state index in [1.165, 1.54) is 29.7 Å². The molecule has 1 N–H and O–H groups in total. The normalized spacial score (nSPS) is 18.6. The number of thioether (sulfide) groups is 1. The summed E-state index contributed by atoms with van der Waals surface area (Å²) >= 11 is 1.94. The van der Waals surface area contributed by atoms with E-state index in [0.717, 1.165) is 18.4 Å². The molecule has 0 amide bonds. The predicted octanol–water partition coefficient (Wildman–Crippen LogP) is 4.03. The molecule has 0 radical (unpaired) electrons. The van der Waals surface area contributed by atoms with Gasteiger partial charge in [0.1, 0.15) is 0 Å². The van der Waals surface area contributed by atoms with E-state index in [1.54, 1.807) is 0 Å². The van der Waals surface area contributed by atoms with Crippen molar-refractivity contribution < 1.29 is 0 Å². The van der Waals surface area contributed by atoms with Gasteiger partial charge in [0.05, 0.1) is 0 Å². The molecule has 1 aliphatic rings. The van der Waals surface area contributed by atoms with Gasteiger partial charge in [-0.3, -0.25) is 0 Å². The van der Waals surface area contributed by atoms with Crippen molar-refractivity contribution in [3.63, 3.8) is 0 Å². The van der Waals surface area contributed by atoms with E-state index in [-0.39, 0.29) is 0 Å². The first-order valence-electron chi connectivity index (χ1n) is 6.99. The lowest BCUT2D eigenvalue weighted by molar-refractivity contribution is 0.441. The minimum atomic E-state index is 0.579. The minimum Gasteiger partial charge on any atom is -0.309 e. The quantitative estimate of drug-likeness (QED) is 0.797. The van der Waals surface area contributed by atoms with Crippen LogP contribution in [0.15, 0.2) is 24.3 Å². The van der Waals surface area contributed by atoms with Gasteiger partial charge in [-0.2, -0.15) is 11.8 Å². The SMILES string of the molecule is CSCC(C)CNC(c1ccc(C)cc1)C1CC1. The Morgan fingerprint density at radius 1 is 1.28 bits per heavy atom. The maximum Gasteiger partial charge on any atom is 0.0348 e. The van der Waals surface area contributed by atoms with Crippen LogP contribution in [0.2, 0.25) is 0 Å². The van der Waals surface area contributed by atoms with Crippen LogP contribution in [0.1, 0.15) is 36.9 Å². The maximum atomic E-state index is 3.79. The highest BCUT2D eigenvalue weighted by atomic mass is 32.2. The highest BCUT2D eigenvalue weighted by molar-refractivity contribution is 7.98. The van der Waals surface area contributed by atoms with Gasteiger partial charge in [-0.05, 0) is 55.7 Å². The van der Waals surface area contributed by atoms with Crippen molar-refractivity contribution in [2.24, 2.45) is 11.8 Å². The number of aryl methyl sites for hydroxylation is 1. The summed E-state index contributed by atoms with van der Waals surface area (Å²) in [6.07, 6.45) is 4.97. The molecule has 0 spiro atoms. The summed E-state index contributed by atoms with van der Waals surface area (Å²) in [6, 6.07) is 9.64. The van der Waals surface area contributed by atoms with E-state index in [0.29, 0.717) is 6.04 Å². The highest BCUT2D eigenvalue weighted by Gasteiger charge is 2.31. The van der Waals surface area contributed by atoms with Crippen LogP contribution >= 0.6 is 11.8 Å². The molecule has 2 atom stereocenters. The number of hydrogen-bond acceptors (Lipinski definition) is 2. The first kappa shape index (κ1) is 14.0. The van der Waals surface area contributed by atoms with Crippen LogP contribution in [0, 0.1) is 18.8 Å². The van der Waals surface area contributed by atoms with Gasteiger partial charge in [-0.15, -0.1) is 0 Å². The lowest BCUT2D eigenvalue weighted by atomic mass is 10.0. The van der Waals surface area contributed by atoms with Crippen molar-refractivity contribution in [3.8, 4) is 0 Å². The van der Waals surface area contributed by atoms with Crippen LogP contribution in [-0.2, 0) is 0 Å². The number of nitrogens with one attached hydrogen (secondary N) is 1. The second-order valence-electron chi connectivity index (χ2n) is 5.69. The Balaban J connectivity index is 1.94. The molecule has 0 aliphatic heterocycles. The molecule has 1 fully saturated rings. The highest BCUT2D eigenvalue weighted by Crippen LogP contribution is 2.41. The molecule has 100 valence electrons. The van der Waals surface area contributed by atoms with Gasteiger partial charge in [0, 0.05) is 6.04 Å². The molecule has 1 nitrogen and oxygen atoms in total. The third-order valence-electron chi connectivity index (χ3n) is 3.67. The first-order valence-corrected chi connectivity index (χ1v) is 8.39. The standard InChI is InChI=1S/C16H25NS/c1-12-4-6-14(7-5-12)16(15-8-9-15)17-10-13(2)11-18-3/h4-7,13,15-17H,8-11H2,1-3H3. The van der Waals surface area contributed by atoms with E-state index in [1.807, 2.05) is 11.8 Å². The van der Waals surface area contributed by atoms with Crippen LogP contribution < -0.4 is 5.32 Å². The van der Waals surface area contributed by atoms with Gasteiger partial charge in [-0.1, -0.05) is 36.8 Å². The van der Waals surface area contributed by atoms with E-state index >= 15 is 0 Å². The molecular weight excluding hydrogens is 238 g/mol. The summed E-state index contributed by atoms with van der Waals surface area (Å²) < 4.78 is 0. The summed E-state index contributed by atoms with van der Waals surface area (Å²) in [5.41, 5.74) is 2.82. The van der Waals surface area contributed by atoms with E-state index in [9.17, 15) is 0 Å². The molecule has 1 aliphatic carbocycles. The molecule has 1 saturated carbocycles. The Morgan fingerprint density at radius 2 is 1.94 bits per heavy atom. The molecule has 1 aromatic rings. The Bertz CT molecular complexity index is 356. The summed E-state index contributed by atoms with van der Waals surface area (Å²) in [4.78, 5) is 0. The van der Waals surface area contributed by atoms with Crippen molar-refractivity contribution in [1.82, 2.24) is 5.32 Å².